The van der Waals surface area contributed by atoms with Gasteiger partial charge in [-0.05, 0) is 43.2 Å². The van der Waals surface area contributed by atoms with Gasteiger partial charge in [-0.1, -0.05) is 12.1 Å². The van der Waals surface area contributed by atoms with Crippen molar-refractivity contribution < 1.29 is 24.2 Å². The van der Waals surface area contributed by atoms with Crippen LogP contribution in [0.1, 0.15) is 30.5 Å². The highest BCUT2D eigenvalue weighted by Crippen LogP contribution is 2.39. The molecule has 152 valence electrons. The molecule has 7 heteroatoms. The number of methoxy groups -OCH3 is 1. The summed E-state index contributed by atoms with van der Waals surface area (Å²) >= 11 is 0. The molecule has 0 saturated carbocycles. The van der Waals surface area contributed by atoms with Gasteiger partial charge >= 0.3 is 0 Å². The number of ketones is 1. The summed E-state index contributed by atoms with van der Waals surface area (Å²) in [6, 6.07) is 9.72. The molecule has 0 aliphatic carbocycles. The second kappa shape index (κ2) is 9.34. The molecule has 1 aliphatic rings. The molecule has 3 rings (SSSR count). The van der Waals surface area contributed by atoms with Crippen LogP contribution in [0.2, 0.25) is 0 Å². The second-order valence-corrected chi connectivity index (χ2v) is 6.58. The van der Waals surface area contributed by atoms with Crippen molar-refractivity contribution in [2.24, 2.45) is 0 Å². The lowest BCUT2D eigenvalue weighted by molar-refractivity contribution is -0.140. The Morgan fingerprint density at radius 2 is 1.83 bits per heavy atom. The number of carbonyl (C=O) groups excluding carboxylic acids is 2. The first-order valence-electron chi connectivity index (χ1n) is 9.49. The fraction of sp³-hybridized carbons (Fsp3) is 0.318. The number of benzene rings is 1. The van der Waals surface area contributed by atoms with E-state index in [4.69, 9.17) is 9.47 Å². The molecule has 0 bridgehead atoms. The Morgan fingerprint density at radius 1 is 1.14 bits per heavy atom. The normalized spacial score (nSPS) is 18.3. The van der Waals surface area contributed by atoms with Gasteiger partial charge in [0.1, 0.15) is 11.5 Å². The van der Waals surface area contributed by atoms with Crippen LogP contribution in [0.25, 0.3) is 5.76 Å². The standard InChI is InChI=1S/C22H24N2O5/c1-3-29-17-7-5-15(6-8-17)19-18(20(25)16-9-11-23-12-10-16)21(26)22(27)24(19)13-4-14-28-2/h5-12,19,25H,3-4,13-14H2,1-2H3. The van der Waals surface area contributed by atoms with Gasteiger partial charge in [-0.15, -0.1) is 0 Å². The number of carbonyl (C=O) groups is 2. The maximum absolute atomic E-state index is 12.8. The molecule has 2 aromatic rings. The molecule has 1 saturated heterocycles. The van der Waals surface area contributed by atoms with Crippen LogP contribution >= 0.6 is 0 Å². The second-order valence-electron chi connectivity index (χ2n) is 6.58. The molecule has 0 radical (unpaired) electrons. The number of likely N-dealkylation sites (tertiary alicyclic amines) is 1. The lowest BCUT2D eigenvalue weighted by Gasteiger charge is -2.25. The van der Waals surface area contributed by atoms with Crippen molar-refractivity contribution in [3.8, 4) is 5.75 Å². The first kappa shape index (κ1) is 20.5. The third-order valence-electron chi connectivity index (χ3n) is 4.75. The van der Waals surface area contributed by atoms with E-state index in [9.17, 15) is 14.7 Å². The minimum atomic E-state index is -0.699. The number of rotatable bonds is 8. The molecule has 0 spiro atoms. The van der Waals surface area contributed by atoms with Crippen LogP contribution in [-0.4, -0.2) is 53.5 Å². The third-order valence-corrected chi connectivity index (χ3v) is 4.75. The fourth-order valence-corrected chi connectivity index (χ4v) is 3.41. The number of aliphatic hydroxyl groups is 1. The van der Waals surface area contributed by atoms with Crippen molar-refractivity contribution >= 4 is 17.4 Å². The number of aliphatic hydroxyl groups excluding tert-OH is 1. The summed E-state index contributed by atoms with van der Waals surface area (Å²) < 4.78 is 10.6. The van der Waals surface area contributed by atoms with Crippen LogP contribution in [0.4, 0.5) is 0 Å². The number of Topliss-reactive ketones (excluding diaryl/α,β-unsaturated/α-hetero) is 1. The number of hydrogen-bond donors (Lipinski definition) is 1. The third kappa shape index (κ3) is 4.30. The number of aromatic nitrogens is 1. The molecular formula is C22H24N2O5. The Morgan fingerprint density at radius 3 is 2.45 bits per heavy atom. The van der Waals surface area contributed by atoms with Gasteiger partial charge in [0.25, 0.3) is 11.7 Å². The van der Waals surface area contributed by atoms with Crippen molar-refractivity contribution in [2.45, 2.75) is 19.4 Å². The number of pyridine rings is 1. The van der Waals surface area contributed by atoms with Gasteiger partial charge in [0.05, 0.1) is 18.2 Å². The summed E-state index contributed by atoms with van der Waals surface area (Å²) in [7, 11) is 1.58. The first-order valence-corrected chi connectivity index (χ1v) is 9.49. The Labute approximate surface area is 169 Å². The van der Waals surface area contributed by atoms with Gasteiger partial charge in [-0.3, -0.25) is 14.6 Å². The summed E-state index contributed by atoms with van der Waals surface area (Å²) in [5.41, 5.74) is 1.23. The minimum Gasteiger partial charge on any atom is -0.507 e. The predicted octanol–water partition coefficient (Wildman–Crippen LogP) is 2.94. The Kier molecular flexibility index (Phi) is 6.61. The summed E-state index contributed by atoms with van der Waals surface area (Å²) in [5, 5.41) is 10.9. The molecule has 1 atom stereocenters. The molecule has 2 heterocycles. The molecule has 29 heavy (non-hydrogen) atoms. The van der Waals surface area contributed by atoms with Gasteiger partial charge in [0.15, 0.2) is 0 Å². The monoisotopic (exact) mass is 396 g/mol. The topological polar surface area (TPSA) is 89.0 Å². The molecule has 7 nitrogen and oxygen atoms in total. The predicted molar refractivity (Wildman–Crippen MR) is 107 cm³/mol. The highest BCUT2D eigenvalue weighted by molar-refractivity contribution is 6.46. The van der Waals surface area contributed by atoms with E-state index < -0.39 is 17.7 Å². The molecule has 1 fully saturated rings. The number of amides is 1. The van der Waals surface area contributed by atoms with E-state index >= 15 is 0 Å². The van der Waals surface area contributed by atoms with E-state index in [1.807, 2.05) is 19.1 Å². The van der Waals surface area contributed by atoms with E-state index in [1.165, 1.54) is 17.3 Å². The van der Waals surface area contributed by atoms with Gasteiger partial charge in [0, 0.05) is 38.2 Å². The van der Waals surface area contributed by atoms with Crippen molar-refractivity contribution in [3.63, 3.8) is 0 Å². The van der Waals surface area contributed by atoms with Crippen molar-refractivity contribution in [2.75, 3.05) is 26.9 Å². The van der Waals surface area contributed by atoms with Crippen LogP contribution in [-0.2, 0) is 14.3 Å². The molecule has 1 unspecified atom stereocenters. The van der Waals surface area contributed by atoms with Crippen LogP contribution in [0.3, 0.4) is 0 Å². The molecule has 1 aliphatic heterocycles. The summed E-state index contributed by atoms with van der Waals surface area (Å²) in [4.78, 5) is 31.0. The number of hydrogen-bond acceptors (Lipinski definition) is 6. The zero-order valence-electron chi connectivity index (χ0n) is 16.5. The van der Waals surface area contributed by atoms with E-state index in [-0.39, 0.29) is 11.3 Å². The molecule has 1 N–H and O–H groups in total. The Bertz CT molecular complexity index is 893. The van der Waals surface area contributed by atoms with Crippen LogP contribution in [0.15, 0.2) is 54.4 Å². The van der Waals surface area contributed by atoms with Crippen LogP contribution in [0, 0.1) is 0 Å². The van der Waals surface area contributed by atoms with E-state index in [0.29, 0.717) is 37.5 Å². The van der Waals surface area contributed by atoms with Gasteiger partial charge in [0.2, 0.25) is 0 Å². The lowest BCUT2D eigenvalue weighted by atomic mass is 9.95. The molecular weight excluding hydrogens is 372 g/mol. The van der Waals surface area contributed by atoms with E-state index in [0.717, 1.165) is 5.56 Å². The molecule has 1 aromatic carbocycles. The summed E-state index contributed by atoms with van der Waals surface area (Å²) in [6.45, 7) is 3.23. The Balaban J connectivity index is 2.07. The Hall–Kier alpha value is -3.19. The zero-order chi connectivity index (χ0) is 20.8. The van der Waals surface area contributed by atoms with Crippen LogP contribution < -0.4 is 4.74 Å². The highest BCUT2D eigenvalue weighted by atomic mass is 16.5. The minimum absolute atomic E-state index is 0.0720. The quantitative estimate of drug-likeness (QED) is 0.319. The van der Waals surface area contributed by atoms with E-state index in [1.54, 1.807) is 31.4 Å². The number of nitrogens with zero attached hydrogens (tertiary/aromatic N) is 2. The van der Waals surface area contributed by atoms with Crippen molar-refractivity contribution in [1.29, 1.82) is 0 Å². The zero-order valence-corrected chi connectivity index (χ0v) is 16.5. The largest absolute Gasteiger partial charge is 0.507 e. The maximum atomic E-state index is 12.8. The lowest BCUT2D eigenvalue weighted by Crippen LogP contribution is -2.31. The smallest absolute Gasteiger partial charge is 0.295 e. The molecule has 1 amide bonds. The highest BCUT2D eigenvalue weighted by Gasteiger charge is 2.45. The molecule has 1 aromatic heterocycles. The van der Waals surface area contributed by atoms with Crippen molar-refractivity contribution in [1.82, 2.24) is 9.88 Å². The SMILES string of the molecule is CCOc1ccc(C2C(=C(O)c3ccncc3)C(=O)C(=O)N2CCCOC)cc1. The van der Waals surface area contributed by atoms with Gasteiger partial charge in [-0.25, -0.2) is 0 Å². The summed E-state index contributed by atoms with van der Waals surface area (Å²) in [6.07, 6.45) is 3.62. The first-order chi connectivity index (χ1) is 14.1. The van der Waals surface area contributed by atoms with Gasteiger partial charge in [-0.2, -0.15) is 0 Å². The maximum Gasteiger partial charge on any atom is 0.295 e. The fourth-order valence-electron chi connectivity index (χ4n) is 3.41. The summed E-state index contributed by atoms with van der Waals surface area (Å²) in [5.74, 6) is -0.841. The van der Waals surface area contributed by atoms with Crippen LogP contribution in [0.5, 0.6) is 5.75 Å². The van der Waals surface area contributed by atoms with E-state index in [2.05, 4.69) is 4.98 Å². The van der Waals surface area contributed by atoms with Gasteiger partial charge < -0.3 is 19.5 Å². The average Bonchev–Trinajstić information content (AvgIpc) is 3.00. The number of ether oxygens (including phenoxy) is 2. The average molecular weight is 396 g/mol. The van der Waals surface area contributed by atoms with Crippen molar-refractivity contribution in [3.05, 3.63) is 65.5 Å².